The lowest BCUT2D eigenvalue weighted by atomic mass is 10.1. The van der Waals surface area contributed by atoms with E-state index in [9.17, 15) is 4.79 Å². The zero-order valence-electron chi connectivity index (χ0n) is 16.1. The molecule has 0 spiro atoms. The van der Waals surface area contributed by atoms with Crippen molar-refractivity contribution in [1.29, 1.82) is 0 Å². The van der Waals surface area contributed by atoms with Crippen LogP contribution in [0.25, 0.3) is 0 Å². The average Bonchev–Trinajstić information content (AvgIpc) is 3.16. The van der Waals surface area contributed by atoms with Crippen molar-refractivity contribution in [3.63, 3.8) is 0 Å². The Kier molecular flexibility index (Phi) is 5.79. The van der Waals surface area contributed by atoms with E-state index in [1.54, 1.807) is 11.1 Å². The fraction of sp³-hybridized carbons (Fsp3) is 0.350. The molecule has 142 valence electrons. The van der Waals surface area contributed by atoms with Gasteiger partial charge in [-0.15, -0.1) is 0 Å². The maximum absolute atomic E-state index is 12.8. The van der Waals surface area contributed by atoms with Gasteiger partial charge in [0.2, 0.25) is 0 Å². The second-order valence-electron chi connectivity index (χ2n) is 6.70. The molecule has 0 aliphatic heterocycles. The third kappa shape index (κ3) is 4.30. The van der Waals surface area contributed by atoms with E-state index in [0.717, 1.165) is 33.7 Å². The molecule has 0 fully saturated rings. The van der Waals surface area contributed by atoms with Gasteiger partial charge >= 0.3 is 0 Å². The van der Waals surface area contributed by atoms with Gasteiger partial charge in [0.05, 0.1) is 35.1 Å². The van der Waals surface area contributed by atoms with Crippen LogP contribution in [0.3, 0.4) is 0 Å². The van der Waals surface area contributed by atoms with Gasteiger partial charge in [0.15, 0.2) is 0 Å². The minimum absolute atomic E-state index is 0.0107. The highest BCUT2D eigenvalue weighted by atomic mass is 79.9. The number of rotatable bonds is 6. The van der Waals surface area contributed by atoms with Crippen LogP contribution in [0.4, 0.5) is 0 Å². The van der Waals surface area contributed by atoms with E-state index in [1.165, 1.54) is 0 Å². The molecule has 0 saturated carbocycles. The summed E-state index contributed by atoms with van der Waals surface area (Å²) in [6.07, 6.45) is 1.77. The van der Waals surface area contributed by atoms with Gasteiger partial charge < -0.3 is 4.90 Å². The molecular weight excluding hydrogens is 406 g/mol. The van der Waals surface area contributed by atoms with Crippen LogP contribution in [0.1, 0.15) is 39.9 Å². The molecule has 0 bridgehead atoms. The zero-order valence-corrected chi connectivity index (χ0v) is 17.7. The molecule has 27 heavy (non-hydrogen) atoms. The number of amides is 1. The first-order valence-corrected chi connectivity index (χ1v) is 9.74. The average molecular weight is 430 g/mol. The van der Waals surface area contributed by atoms with Crippen molar-refractivity contribution in [2.45, 2.75) is 40.4 Å². The highest BCUT2D eigenvalue weighted by Crippen LogP contribution is 2.19. The second kappa shape index (κ2) is 8.08. The van der Waals surface area contributed by atoms with E-state index in [0.29, 0.717) is 18.7 Å². The molecular formula is C20H24BrN5O. The smallest absolute Gasteiger partial charge is 0.253 e. The van der Waals surface area contributed by atoms with Gasteiger partial charge in [0.1, 0.15) is 0 Å². The van der Waals surface area contributed by atoms with Gasteiger partial charge in [-0.1, -0.05) is 12.1 Å². The van der Waals surface area contributed by atoms with Crippen LogP contribution in [-0.4, -0.2) is 37.4 Å². The Morgan fingerprint density at radius 3 is 2.48 bits per heavy atom. The highest BCUT2D eigenvalue weighted by Gasteiger charge is 2.16. The number of aryl methyl sites for hydroxylation is 3. The number of hydrogen-bond acceptors (Lipinski definition) is 3. The number of carbonyl (C=O) groups excluding carboxylic acids is 1. The summed E-state index contributed by atoms with van der Waals surface area (Å²) in [4.78, 5) is 14.5. The van der Waals surface area contributed by atoms with E-state index in [-0.39, 0.29) is 5.91 Å². The Labute approximate surface area is 167 Å². The molecule has 0 saturated heterocycles. The van der Waals surface area contributed by atoms with Gasteiger partial charge in [0, 0.05) is 24.8 Å². The maximum Gasteiger partial charge on any atom is 0.253 e. The number of aromatic nitrogens is 4. The van der Waals surface area contributed by atoms with Gasteiger partial charge in [0.25, 0.3) is 5.91 Å². The highest BCUT2D eigenvalue weighted by molar-refractivity contribution is 9.10. The van der Waals surface area contributed by atoms with Crippen LogP contribution in [0, 0.1) is 13.8 Å². The number of benzene rings is 1. The fourth-order valence-corrected chi connectivity index (χ4v) is 3.52. The van der Waals surface area contributed by atoms with Crippen molar-refractivity contribution < 1.29 is 4.79 Å². The molecule has 2 aromatic heterocycles. The topological polar surface area (TPSA) is 56.0 Å². The number of halogens is 1. The molecule has 0 unspecified atom stereocenters. The largest absolute Gasteiger partial charge is 0.336 e. The molecule has 0 N–H and O–H groups in total. The predicted octanol–water partition coefficient (Wildman–Crippen LogP) is 3.80. The van der Waals surface area contributed by atoms with E-state index >= 15 is 0 Å². The number of nitrogens with zero attached hydrogens (tertiary/aromatic N) is 5. The summed E-state index contributed by atoms with van der Waals surface area (Å²) in [6, 6.07) is 9.80. The SMILES string of the molecule is CCn1ncc(Br)c1CN(C)C(=O)c1ccc(Cn2nc(C)cc2C)cc1. The van der Waals surface area contributed by atoms with Crippen molar-refractivity contribution in [1.82, 2.24) is 24.5 Å². The van der Waals surface area contributed by atoms with Crippen LogP contribution in [-0.2, 0) is 19.6 Å². The standard InChI is InChI=1S/C20H24BrN5O/c1-5-25-19(18(21)11-22-25)13-24(4)20(27)17-8-6-16(7-9-17)12-26-15(3)10-14(2)23-26/h6-11H,5,12-13H2,1-4H3. The Hall–Kier alpha value is -2.41. The lowest BCUT2D eigenvalue weighted by molar-refractivity contribution is 0.0781. The van der Waals surface area contributed by atoms with Gasteiger partial charge in [-0.2, -0.15) is 10.2 Å². The summed E-state index contributed by atoms with van der Waals surface area (Å²) in [5, 5.41) is 8.79. The lowest BCUT2D eigenvalue weighted by Gasteiger charge is -2.18. The first-order valence-electron chi connectivity index (χ1n) is 8.94. The predicted molar refractivity (Wildman–Crippen MR) is 109 cm³/mol. The van der Waals surface area contributed by atoms with Crippen LogP contribution in [0.5, 0.6) is 0 Å². The third-order valence-electron chi connectivity index (χ3n) is 4.57. The molecule has 3 aromatic rings. The van der Waals surface area contributed by atoms with Gasteiger partial charge in [-0.05, 0) is 60.5 Å². The summed E-state index contributed by atoms with van der Waals surface area (Å²) in [6.45, 7) is 8.04. The molecule has 3 rings (SSSR count). The molecule has 0 atom stereocenters. The number of hydrogen-bond donors (Lipinski definition) is 0. The zero-order chi connectivity index (χ0) is 19.6. The monoisotopic (exact) mass is 429 g/mol. The normalized spacial score (nSPS) is 11.0. The molecule has 0 radical (unpaired) electrons. The summed E-state index contributed by atoms with van der Waals surface area (Å²) in [5.41, 5.74) is 4.93. The minimum atomic E-state index is -0.0107. The number of carbonyl (C=O) groups is 1. The van der Waals surface area contributed by atoms with Gasteiger partial charge in [-0.25, -0.2) is 0 Å². The first kappa shape index (κ1) is 19.4. The summed E-state index contributed by atoms with van der Waals surface area (Å²) in [7, 11) is 1.81. The Bertz CT molecular complexity index is 942. The second-order valence-corrected chi connectivity index (χ2v) is 7.55. The van der Waals surface area contributed by atoms with E-state index in [4.69, 9.17) is 0 Å². The van der Waals surface area contributed by atoms with Crippen molar-refractivity contribution >= 4 is 21.8 Å². The Morgan fingerprint density at radius 2 is 1.89 bits per heavy atom. The molecule has 7 heteroatoms. The van der Waals surface area contributed by atoms with E-state index < -0.39 is 0 Å². The minimum Gasteiger partial charge on any atom is -0.336 e. The molecule has 1 amide bonds. The maximum atomic E-state index is 12.8. The molecule has 6 nitrogen and oxygen atoms in total. The summed E-state index contributed by atoms with van der Waals surface area (Å²) in [5.74, 6) is -0.0107. The summed E-state index contributed by atoms with van der Waals surface area (Å²) < 4.78 is 4.79. The van der Waals surface area contributed by atoms with Crippen molar-refractivity contribution in [3.05, 3.63) is 69.2 Å². The van der Waals surface area contributed by atoms with Crippen LogP contribution >= 0.6 is 15.9 Å². The Balaban J connectivity index is 1.69. The van der Waals surface area contributed by atoms with Crippen molar-refractivity contribution in [2.75, 3.05) is 7.05 Å². The quantitative estimate of drug-likeness (QED) is 0.598. The van der Waals surface area contributed by atoms with Crippen molar-refractivity contribution in [2.24, 2.45) is 0 Å². The van der Waals surface area contributed by atoms with E-state index in [2.05, 4.69) is 32.2 Å². The third-order valence-corrected chi connectivity index (χ3v) is 5.23. The van der Waals surface area contributed by atoms with Crippen LogP contribution < -0.4 is 0 Å². The lowest BCUT2D eigenvalue weighted by Crippen LogP contribution is -2.27. The molecule has 0 aliphatic rings. The van der Waals surface area contributed by atoms with Crippen LogP contribution in [0.15, 0.2) is 41.0 Å². The fourth-order valence-electron chi connectivity index (χ4n) is 3.10. The van der Waals surface area contributed by atoms with E-state index in [1.807, 2.05) is 61.4 Å². The van der Waals surface area contributed by atoms with Crippen LogP contribution in [0.2, 0.25) is 0 Å². The molecule has 0 aliphatic carbocycles. The van der Waals surface area contributed by atoms with Gasteiger partial charge in [-0.3, -0.25) is 14.2 Å². The van der Waals surface area contributed by atoms with Crippen molar-refractivity contribution in [3.8, 4) is 0 Å². The summed E-state index contributed by atoms with van der Waals surface area (Å²) >= 11 is 3.51. The molecule has 1 aromatic carbocycles. The first-order chi connectivity index (χ1) is 12.9. The Morgan fingerprint density at radius 1 is 1.19 bits per heavy atom. The molecule has 2 heterocycles.